The summed E-state index contributed by atoms with van der Waals surface area (Å²) >= 11 is 1.53. The minimum absolute atomic E-state index is 0.0374. The Hall–Kier alpha value is -2.58. The minimum Gasteiger partial charge on any atom is -0.489 e. The van der Waals surface area contributed by atoms with Crippen LogP contribution >= 0.6 is 11.8 Å². The number of rotatable bonds is 6. The van der Waals surface area contributed by atoms with Gasteiger partial charge in [0.2, 0.25) is 0 Å². The molecule has 3 rings (SSSR count). The summed E-state index contributed by atoms with van der Waals surface area (Å²) in [5.41, 5.74) is 1.74. The van der Waals surface area contributed by atoms with Crippen LogP contribution in [0.1, 0.15) is 16.5 Å². The predicted octanol–water partition coefficient (Wildman–Crippen LogP) is 2.96. The number of non-ortho nitro benzene ring substituents is 1. The second-order valence-electron chi connectivity index (χ2n) is 5.52. The molecule has 1 aliphatic rings. The van der Waals surface area contributed by atoms with Crippen LogP contribution in [0.5, 0.6) is 5.75 Å². The van der Waals surface area contributed by atoms with Gasteiger partial charge in [0.1, 0.15) is 18.4 Å². The summed E-state index contributed by atoms with van der Waals surface area (Å²) in [6, 6.07) is 13.1. The molecule has 1 heterocycles. The van der Waals surface area contributed by atoms with E-state index >= 15 is 0 Å². The number of carboxylic acids is 1. The molecule has 1 aliphatic heterocycles. The molecular formula is C17H16N2O5S. The van der Waals surface area contributed by atoms with Gasteiger partial charge in [-0.2, -0.15) is 0 Å². The fourth-order valence-electron chi connectivity index (χ4n) is 2.50. The number of benzene rings is 2. The van der Waals surface area contributed by atoms with Crippen molar-refractivity contribution < 1.29 is 19.6 Å². The number of nitrogens with one attached hydrogen (secondary N) is 1. The van der Waals surface area contributed by atoms with Crippen LogP contribution in [0, 0.1) is 10.1 Å². The number of hydrogen-bond acceptors (Lipinski definition) is 6. The van der Waals surface area contributed by atoms with Gasteiger partial charge in [-0.25, -0.2) is 0 Å². The standard InChI is InChI=1S/C17H16N2O5S/c20-17(21)14-10-25-16(18-14)13-3-1-2-4-15(13)24-9-11-5-7-12(8-6-11)19(22)23/h1-8,14,16,18H,9-10H2,(H,20,21). The first-order valence-electron chi connectivity index (χ1n) is 7.60. The Balaban J connectivity index is 1.69. The van der Waals surface area contributed by atoms with Gasteiger partial charge >= 0.3 is 5.97 Å². The van der Waals surface area contributed by atoms with Gasteiger partial charge in [-0.1, -0.05) is 18.2 Å². The Labute approximate surface area is 148 Å². The van der Waals surface area contributed by atoms with Crippen molar-refractivity contribution in [2.75, 3.05) is 5.75 Å². The maximum atomic E-state index is 11.1. The van der Waals surface area contributed by atoms with Crippen LogP contribution in [0.3, 0.4) is 0 Å². The molecule has 25 heavy (non-hydrogen) atoms. The zero-order valence-electron chi connectivity index (χ0n) is 13.1. The number of ether oxygens (including phenoxy) is 1. The van der Waals surface area contributed by atoms with Crippen LogP contribution in [0.2, 0.25) is 0 Å². The van der Waals surface area contributed by atoms with Crippen molar-refractivity contribution in [2.24, 2.45) is 0 Å². The molecule has 7 nitrogen and oxygen atoms in total. The quantitative estimate of drug-likeness (QED) is 0.603. The lowest BCUT2D eigenvalue weighted by Crippen LogP contribution is -2.33. The molecule has 1 fully saturated rings. The number of carboxylic acid groups (broad SMARTS) is 1. The van der Waals surface area contributed by atoms with E-state index in [0.29, 0.717) is 11.5 Å². The molecular weight excluding hydrogens is 344 g/mol. The van der Waals surface area contributed by atoms with Gasteiger partial charge in [0.25, 0.3) is 5.69 Å². The largest absolute Gasteiger partial charge is 0.489 e. The maximum absolute atomic E-state index is 11.1. The number of nitro groups is 1. The summed E-state index contributed by atoms with van der Waals surface area (Å²) in [6.07, 6.45) is 0. The summed E-state index contributed by atoms with van der Waals surface area (Å²) in [5, 5.41) is 22.7. The molecule has 0 bridgehead atoms. The van der Waals surface area contributed by atoms with E-state index < -0.39 is 16.9 Å². The number of carbonyl (C=O) groups is 1. The number of nitrogens with zero attached hydrogens (tertiary/aromatic N) is 1. The Morgan fingerprint density at radius 2 is 2.00 bits per heavy atom. The number of nitro benzene ring substituents is 1. The van der Waals surface area contributed by atoms with Crippen molar-refractivity contribution in [3.8, 4) is 5.75 Å². The van der Waals surface area contributed by atoms with E-state index in [4.69, 9.17) is 9.84 Å². The zero-order chi connectivity index (χ0) is 17.8. The maximum Gasteiger partial charge on any atom is 0.321 e. The molecule has 8 heteroatoms. The Kier molecular flexibility index (Phi) is 5.20. The van der Waals surface area contributed by atoms with Crippen LogP contribution in [0.25, 0.3) is 0 Å². The van der Waals surface area contributed by atoms with E-state index in [2.05, 4.69) is 5.32 Å². The molecule has 0 aliphatic carbocycles. The number of hydrogen-bond donors (Lipinski definition) is 2. The molecule has 2 N–H and O–H groups in total. The summed E-state index contributed by atoms with van der Waals surface area (Å²) in [6.45, 7) is 0.273. The summed E-state index contributed by atoms with van der Waals surface area (Å²) in [5.74, 6) is 0.299. The zero-order valence-corrected chi connectivity index (χ0v) is 13.9. The van der Waals surface area contributed by atoms with Crippen molar-refractivity contribution in [3.05, 3.63) is 69.8 Å². The third-order valence-corrected chi connectivity index (χ3v) is 5.07. The number of aliphatic carboxylic acids is 1. The number of thioether (sulfide) groups is 1. The van der Waals surface area contributed by atoms with Crippen LogP contribution in [0.15, 0.2) is 48.5 Å². The highest BCUT2D eigenvalue weighted by atomic mass is 32.2. The Bertz CT molecular complexity index is 781. The van der Waals surface area contributed by atoms with E-state index in [1.54, 1.807) is 12.1 Å². The highest BCUT2D eigenvalue weighted by molar-refractivity contribution is 7.99. The fourth-order valence-corrected chi connectivity index (χ4v) is 3.76. The lowest BCUT2D eigenvalue weighted by Gasteiger charge is -2.16. The third-order valence-electron chi connectivity index (χ3n) is 3.82. The first-order chi connectivity index (χ1) is 12.0. The molecule has 1 saturated heterocycles. The van der Waals surface area contributed by atoms with E-state index in [-0.39, 0.29) is 17.7 Å². The van der Waals surface area contributed by atoms with Gasteiger partial charge in [0.15, 0.2) is 0 Å². The van der Waals surface area contributed by atoms with Gasteiger partial charge in [-0.05, 0) is 23.8 Å². The molecule has 2 aromatic rings. The van der Waals surface area contributed by atoms with E-state index in [1.807, 2.05) is 24.3 Å². The second-order valence-corrected chi connectivity index (χ2v) is 6.66. The SMILES string of the molecule is O=C(O)C1CSC(c2ccccc2OCc2ccc([N+](=O)[O-])cc2)N1. The fraction of sp³-hybridized carbons (Fsp3) is 0.235. The Morgan fingerprint density at radius 3 is 2.64 bits per heavy atom. The van der Waals surface area contributed by atoms with E-state index in [9.17, 15) is 14.9 Å². The van der Waals surface area contributed by atoms with Crippen LogP contribution in [-0.4, -0.2) is 27.8 Å². The third kappa shape index (κ3) is 4.09. The van der Waals surface area contributed by atoms with E-state index in [0.717, 1.165) is 11.1 Å². The summed E-state index contributed by atoms with van der Waals surface area (Å²) in [4.78, 5) is 21.3. The lowest BCUT2D eigenvalue weighted by molar-refractivity contribution is -0.384. The molecule has 0 amide bonds. The molecule has 2 atom stereocenters. The molecule has 0 radical (unpaired) electrons. The van der Waals surface area contributed by atoms with Crippen LogP contribution in [-0.2, 0) is 11.4 Å². The molecule has 2 aromatic carbocycles. The van der Waals surface area contributed by atoms with Crippen LogP contribution < -0.4 is 10.1 Å². The first kappa shape index (κ1) is 17.2. The normalized spacial score (nSPS) is 19.5. The molecule has 0 saturated carbocycles. The van der Waals surface area contributed by atoms with Crippen molar-refractivity contribution >= 4 is 23.4 Å². The molecule has 130 valence electrons. The summed E-state index contributed by atoms with van der Waals surface area (Å²) in [7, 11) is 0. The minimum atomic E-state index is -0.862. The van der Waals surface area contributed by atoms with Crippen molar-refractivity contribution in [2.45, 2.75) is 18.0 Å². The van der Waals surface area contributed by atoms with Crippen molar-refractivity contribution in [1.82, 2.24) is 5.32 Å². The molecule has 2 unspecified atom stereocenters. The summed E-state index contributed by atoms with van der Waals surface area (Å²) < 4.78 is 5.86. The molecule has 0 aromatic heterocycles. The van der Waals surface area contributed by atoms with Gasteiger partial charge in [0.05, 0.1) is 10.3 Å². The van der Waals surface area contributed by atoms with Crippen molar-refractivity contribution in [1.29, 1.82) is 0 Å². The number of para-hydroxylation sites is 1. The van der Waals surface area contributed by atoms with Gasteiger partial charge in [-0.15, -0.1) is 11.8 Å². The smallest absolute Gasteiger partial charge is 0.321 e. The van der Waals surface area contributed by atoms with Gasteiger partial charge in [0, 0.05) is 23.4 Å². The van der Waals surface area contributed by atoms with Gasteiger partial charge in [-0.3, -0.25) is 20.2 Å². The predicted molar refractivity (Wildman–Crippen MR) is 93.6 cm³/mol. The van der Waals surface area contributed by atoms with Crippen molar-refractivity contribution in [3.63, 3.8) is 0 Å². The first-order valence-corrected chi connectivity index (χ1v) is 8.65. The van der Waals surface area contributed by atoms with Gasteiger partial charge < -0.3 is 9.84 Å². The average molecular weight is 360 g/mol. The van der Waals surface area contributed by atoms with Crippen LogP contribution in [0.4, 0.5) is 5.69 Å². The monoisotopic (exact) mass is 360 g/mol. The highest BCUT2D eigenvalue weighted by Gasteiger charge is 2.31. The lowest BCUT2D eigenvalue weighted by atomic mass is 10.1. The average Bonchev–Trinajstić information content (AvgIpc) is 3.11. The highest BCUT2D eigenvalue weighted by Crippen LogP contribution is 2.37. The molecule has 0 spiro atoms. The Morgan fingerprint density at radius 1 is 1.28 bits per heavy atom. The topological polar surface area (TPSA) is 102 Å². The second kappa shape index (κ2) is 7.54. The van der Waals surface area contributed by atoms with E-state index in [1.165, 1.54) is 23.9 Å².